The first kappa shape index (κ1) is 20.6. The topological polar surface area (TPSA) is 90.5 Å². The van der Waals surface area contributed by atoms with Crippen LogP contribution in [0.25, 0.3) is 11.1 Å². The number of amides is 1. The van der Waals surface area contributed by atoms with Crippen LogP contribution in [0.5, 0.6) is 0 Å². The van der Waals surface area contributed by atoms with Crippen molar-refractivity contribution in [1.29, 1.82) is 0 Å². The Labute approximate surface area is 178 Å². The molecule has 9 heteroatoms. The number of hydrogen-bond acceptors (Lipinski definition) is 6. The van der Waals surface area contributed by atoms with E-state index < -0.39 is 5.76 Å². The number of methoxy groups -OCH3 is 1. The van der Waals surface area contributed by atoms with E-state index in [9.17, 15) is 9.59 Å². The van der Waals surface area contributed by atoms with E-state index in [4.69, 9.17) is 20.8 Å². The lowest BCUT2D eigenvalue weighted by molar-refractivity contribution is -0.132. The molecule has 1 aliphatic heterocycles. The van der Waals surface area contributed by atoms with Gasteiger partial charge in [-0.25, -0.2) is 14.8 Å². The Morgan fingerprint density at radius 3 is 2.83 bits per heavy atom. The largest absolute Gasteiger partial charge is 0.420 e. The van der Waals surface area contributed by atoms with Crippen molar-refractivity contribution in [2.75, 3.05) is 20.2 Å². The summed E-state index contributed by atoms with van der Waals surface area (Å²) in [5.74, 6) is 0.315. The van der Waals surface area contributed by atoms with E-state index in [2.05, 4.69) is 9.97 Å². The molecule has 8 nitrogen and oxygen atoms in total. The van der Waals surface area contributed by atoms with Crippen LogP contribution in [-0.4, -0.2) is 45.5 Å². The Kier molecular flexibility index (Phi) is 5.87. The molecule has 1 fully saturated rings. The van der Waals surface area contributed by atoms with Gasteiger partial charge >= 0.3 is 5.76 Å². The zero-order valence-corrected chi connectivity index (χ0v) is 17.7. The minimum absolute atomic E-state index is 0.0559. The summed E-state index contributed by atoms with van der Waals surface area (Å²) in [5.41, 5.74) is 2.94. The highest BCUT2D eigenvalue weighted by atomic mass is 35.5. The lowest BCUT2D eigenvalue weighted by atomic mass is 9.91. The van der Waals surface area contributed by atoms with Crippen LogP contribution in [0.15, 0.2) is 33.6 Å². The van der Waals surface area contributed by atoms with Gasteiger partial charge in [0.15, 0.2) is 5.58 Å². The van der Waals surface area contributed by atoms with Crippen molar-refractivity contribution in [3.05, 3.63) is 57.1 Å². The number of rotatable bonds is 5. The third-order valence-electron chi connectivity index (χ3n) is 5.48. The van der Waals surface area contributed by atoms with Crippen molar-refractivity contribution in [1.82, 2.24) is 19.4 Å². The molecule has 0 atom stereocenters. The minimum atomic E-state index is -0.559. The summed E-state index contributed by atoms with van der Waals surface area (Å²) >= 11 is 5.95. The second-order valence-corrected chi connectivity index (χ2v) is 7.92. The van der Waals surface area contributed by atoms with Crippen LogP contribution in [0.1, 0.15) is 35.8 Å². The zero-order chi connectivity index (χ0) is 21.3. The normalized spacial score (nSPS) is 15.1. The second-order valence-electron chi connectivity index (χ2n) is 7.48. The summed E-state index contributed by atoms with van der Waals surface area (Å²) in [5, 5.41) is 0.476. The highest BCUT2D eigenvalue weighted by Gasteiger charge is 2.27. The maximum absolute atomic E-state index is 12.8. The molecule has 2 aromatic heterocycles. The van der Waals surface area contributed by atoms with Gasteiger partial charge < -0.3 is 14.1 Å². The van der Waals surface area contributed by atoms with E-state index in [1.165, 1.54) is 4.57 Å². The predicted octanol–water partition coefficient (Wildman–Crippen LogP) is 2.90. The number of aromatic nitrogens is 3. The highest BCUT2D eigenvalue weighted by Crippen LogP contribution is 2.29. The highest BCUT2D eigenvalue weighted by molar-refractivity contribution is 6.31. The van der Waals surface area contributed by atoms with Crippen molar-refractivity contribution in [2.45, 2.75) is 38.8 Å². The summed E-state index contributed by atoms with van der Waals surface area (Å²) in [7, 11) is 1.65. The van der Waals surface area contributed by atoms with E-state index in [0.717, 1.165) is 29.9 Å². The van der Waals surface area contributed by atoms with Gasteiger partial charge in [0.1, 0.15) is 12.4 Å². The Bertz CT molecular complexity index is 1130. The van der Waals surface area contributed by atoms with E-state index in [0.29, 0.717) is 35.8 Å². The molecule has 4 rings (SSSR count). The molecule has 3 aromatic rings. The van der Waals surface area contributed by atoms with Gasteiger partial charge in [0.2, 0.25) is 5.91 Å². The van der Waals surface area contributed by atoms with E-state index in [1.54, 1.807) is 30.2 Å². The molecule has 0 saturated carbocycles. The first-order valence-electron chi connectivity index (χ1n) is 9.84. The van der Waals surface area contributed by atoms with E-state index >= 15 is 0 Å². The van der Waals surface area contributed by atoms with Gasteiger partial charge in [-0.05, 0) is 31.9 Å². The second kappa shape index (κ2) is 8.57. The standard InChI is InChI=1S/C21H23ClN4O4/c1-13-23-10-15(12-29-2)20(24-13)14-5-7-25(8-6-14)19(27)11-26-17-4-3-16(22)9-18(17)30-21(26)28/h3-4,9-10,14H,5-8,11-12H2,1-2H3. The molecule has 0 bridgehead atoms. The molecule has 1 aliphatic rings. The van der Waals surface area contributed by atoms with Crippen molar-refractivity contribution in [3.8, 4) is 0 Å². The summed E-state index contributed by atoms with van der Waals surface area (Å²) < 4.78 is 11.8. The monoisotopic (exact) mass is 430 g/mol. The summed E-state index contributed by atoms with van der Waals surface area (Å²) in [6, 6.07) is 4.94. The number of oxazole rings is 1. The van der Waals surface area contributed by atoms with Gasteiger partial charge in [-0.2, -0.15) is 0 Å². The molecule has 1 aromatic carbocycles. The predicted molar refractivity (Wildman–Crippen MR) is 112 cm³/mol. The number of carbonyl (C=O) groups excluding carboxylic acids is 1. The van der Waals surface area contributed by atoms with Gasteiger partial charge in [0, 0.05) is 49.0 Å². The van der Waals surface area contributed by atoms with Gasteiger partial charge in [-0.15, -0.1) is 0 Å². The number of carbonyl (C=O) groups is 1. The SMILES string of the molecule is COCc1cnc(C)nc1C1CCN(C(=O)Cn2c(=O)oc3cc(Cl)ccc32)CC1. The van der Waals surface area contributed by atoms with Crippen LogP contribution >= 0.6 is 11.6 Å². The number of hydrogen-bond donors (Lipinski definition) is 0. The number of likely N-dealkylation sites (tertiary alicyclic amines) is 1. The molecule has 3 heterocycles. The minimum Gasteiger partial charge on any atom is -0.408 e. The van der Waals surface area contributed by atoms with Crippen LogP contribution in [0, 0.1) is 6.92 Å². The van der Waals surface area contributed by atoms with Gasteiger partial charge in [0.05, 0.1) is 17.8 Å². The van der Waals surface area contributed by atoms with Crippen molar-refractivity contribution in [3.63, 3.8) is 0 Å². The number of benzene rings is 1. The maximum Gasteiger partial charge on any atom is 0.420 e. The molecule has 1 amide bonds. The fourth-order valence-corrected chi connectivity index (χ4v) is 4.12. The smallest absolute Gasteiger partial charge is 0.408 e. The van der Waals surface area contributed by atoms with Gasteiger partial charge in [-0.1, -0.05) is 11.6 Å². The average molecular weight is 431 g/mol. The third kappa shape index (κ3) is 4.11. The van der Waals surface area contributed by atoms with Crippen LogP contribution in [0.3, 0.4) is 0 Å². The third-order valence-corrected chi connectivity index (χ3v) is 5.71. The number of piperidine rings is 1. The molecule has 0 radical (unpaired) electrons. The van der Waals surface area contributed by atoms with Crippen LogP contribution in [-0.2, 0) is 22.7 Å². The Balaban J connectivity index is 1.45. The van der Waals surface area contributed by atoms with Crippen LogP contribution < -0.4 is 5.76 Å². The number of aryl methyl sites for hydroxylation is 1. The van der Waals surface area contributed by atoms with Crippen molar-refractivity contribution in [2.24, 2.45) is 0 Å². The molecule has 0 N–H and O–H groups in total. The van der Waals surface area contributed by atoms with Gasteiger partial charge in [-0.3, -0.25) is 9.36 Å². The number of nitrogens with zero attached hydrogens (tertiary/aromatic N) is 4. The van der Waals surface area contributed by atoms with E-state index in [-0.39, 0.29) is 18.4 Å². The van der Waals surface area contributed by atoms with Crippen molar-refractivity contribution < 1.29 is 13.9 Å². The fourth-order valence-electron chi connectivity index (χ4n) is 3.96. The summed E-state index contributed by atoms with van der Waals surface area (Å²) in [6.45, 7) is 3.50. The fraction of sp³-hybridized carbons (Fsp3) is 0.429. The Morgan fingerprint density at radius 2 is 2.10 bits per heavy atom. The summed E-state index contributed by atoms with van der Waals surface area (Å²) in [4.78, 5) is 35.7. The van der Waals surface area contributed by atoms with Crippen LogP contribution in [0.2, 0.25) is 5.02 Å². The Hall–Kier alpha value is -2.71. The molecular weight excluding hydrogens is 408 g/mol. The molecule has 1 saturated heterocycles. The molecule has 0 aliphatic carbocycles. The van der Waals surface area contributed by atoms with Gasteiger partial charge in [0.25, 0.3) is 0 Å². The Morgan fingerprint density at radius 1 is 1.33 bits per heavy atom. The number of ether oxygens (including phenoxy) is 1. The lowest BCUT2D eigenvalue weighted by Gasteiger charge is -2.32. The molecule has 158 valence electrons. The summed E-state index contributed by atoms with van der Waals surface area (Å²) in [6.07, 6.45) is 3.42. The number of halogens is 1. The molecule has 0 unspecified atom stereocenters. The maximum atomic E-state index is 12.8. The quantitative estimate of drug-likeness (QED) is 0.618. The average Bonchev–Trinajstić information content (AvgIpc) is 3.03. The molecular formula is C21H23ClN4O4. The zero-order valence-electron chi connectivity index (χ0n) is 16.9. The lowest BCUT2D eigenvalue weighted by Crippen LogP contribution is -2.41. The van der Waals surface area contributed by atoms with Crippen molar-refractivity contribution >= 4 is 28.6 Å². The first-order chi connectivity index (χ1) is 14.5. The number of fused-ring (bicyclic) bond motifs is 1. The molecule has 0 spiro atoms. The van der Waals surface area contributed by atoms with E-state index in [1.807, 2.05) is 13.1 Å². The molecule has 30 heavy (non-hydrogen) atoms. The van der Waals surface area contributed by atoms with Crippen LogP contribution in [0.4, 0.5) is 0 Å². The first-order valence-corrected chi connectivity index (χ1v) is 10.2.